The summed E-state index contributed by atoms with van der Waals surface area (Å²) in [5.74, 6) is 1.05. The SMILES string of the molecule is C=CC(=O)N1CC(CC(=O)Cn2cc(C(=O)N3CCc4c(C)cccc4C3)c3cc(Br)ccc32)C1.C=CC(=O)N1CC(CC(=O)Cn2cc(C(=O)NCCn3ccnc3)c3cc(Br)ccc32)C1.C=CC(=O)N1CC(CC(=O)Cn2cc(I)c3cc(Br)ccc32)C1.C=CC(=O)N1CC(CC(=O)Cn2ccc3cc(CC)ccc32)C1. The van der Waals surface area contributed by atoms with E-state index >= 15 is 0 Å². The first kappa shape index (κ1) is 82.6. The van der Waals surface area contributed by atoms with Gasteiger partial charge in [-0.3, -0.25) is 47.9 Å². The Hall–Kier alpha value is -9.90. The zero-order valence-corrected chi connectivity index (χ0v) is 70.2. The van der Waals surface area contributed by atoms with Crippen LogP contribution in [0.3, 0.4) is 0 Å². The molecule has 0 bridgehead atoms. The third kappa shape index (κ3) is 20.2. The number of Topliss-reactive ketones (excluding diaryl/α,β-unsaturated/α-hetero) is 4. The van der Waals surface area contributed by atoms with E-state index < -0.39 is 0 Å². The molecule has 0 aliphatic carbocycles. The van der Waals surface area contributed by atoms with Gasteiger partial charge in [-0.15, -0.1) is 0 Å². The van der Waals surface area contributed by atoms with E-state index in [4.69, 9.17) is 0 Å². The minimum absolute atomic E-state index is 0.0102. The number of nitrogens with zero attached hydrogens (tertiary/aromatic N) is 11. The molecule has 4 saturated heterocycles. The Labute approximate surface area is 695 Å². The quantitative estimate of drug-likeness (QED) is 0.0395. The number of ketones is 4. The maximum Gasteiger partial charge on any atom is 0.256 e. The van der Waals surface area contributed by atoms with E-state index in [9.17, 15) is 47.9 Å². The van der Waals surface area contributed by atoms with Crippen LogP contribution in [0, 0.1) is 34.2 Å². The first-order chi connectivity index (χ1) is 54.3. The van der Waals surface area contributed by atoms with Crippen LogP contribution >= 0.6 is 70.4 Å². The number of amides is 6. The van der Waals surface area contributed by atoms with Crippen LogP contribution < -0.4 is 5.32 Å². The van der Waals surface area contributed by atoms with E-state index in [-0.39, 0.29) is 89.4 Å². The van der Waals surface area contributed by atoms with Crippen molar-refractivity contribution in [1.29, 1.82) is 0 Å². The Balaban J connectivity index is 0.000000142. The number of likely N-dealkylation sites (tertiary alicyclic amines) is 4. The second-order valence-corrected chi connectivity index (χ2v) is 33.5. The standard InChI is InChI=1S/C28H28BrN3O3.C23H24BrN5O3.C19H22N2O2.C17H16BrIN2O2/c1-3-27(34)32-13-19(14-32)11-22(33)16-31-17-25(24-12-21(29)7-8-26(24)31)28(35)30-10-9-23-18(2)5-4-6-20(23)15-30;1-2-22(31)29-11-16(12-29)9-18(30)13-28-14-20(19-10-17(24)3-4-21(19)28)23(32)26-6-8-27-7-5-25-15-27;1-3-14-5-6-18-16(9-14)7-8-20(18)13-17(22)10-15-11-21(12-15)19(23)4-2;1-2-17(23)21-7-11(8-21)5-13(22)9-20-10-15(19)14-6-12(18)3-4-16(14)20/h3-8,12,17,19H,1,9-11,13-16H2,2H3;2-5,7,10,14-16H,1,6,8-9,11-13H2,(H,26,32);4-9,15H,2-3,10-13H2,1H3;2-4,6,10-11H,1,5,7-9H2. The normalized spacial score (nSPS) is 14.7. The molecular formula is C87H90Br3IN12O10. The van der Waals surface area contributed by atoms with E-state index in [1.54, 1.807) is 38.3 Å². The lowest BCUT2D eigenvalue weighted by Gasteiger charge is -2.38. The summed E-state index contributed by atoms with van der Waals surface area (Å²) in [5, 5.41) is 6.91. The Morgan fingerprint density at radius 1 is 0.513 bits per heavy atom. The molecule has 0 unspecified atom stereocenters. The molecule has 10 heterocycles. The number of halogens is 4. The smallest absolute Gasteiger partial charge is 0.256 e. The molecule has 5 aliphatic rings. The minimum atomic E-state index is -0.183. The molecule has 113 heavy (non-hydrogen) atoms. The highest BCUT2D eigenvalue weighted by molar-refractivity contribution is 14.1. The number of hydrogen-bond acceptors (Lipinski definition) is 11. The van der Waals surface area contributed by atoms with Gasteiger partial charge in [0.25, 0.3) is 11.8 Å². The Morgan fingerprint density at radius 2 is 0.956 bits per heavy atom. The molecular weight excluding hydrogens is 1740 g/mol. The summed E-state index contributed by atoms with van der Waals surface area (Å²) in [6.07, 6.45) is 21.8. The second-order valence-electron chi connectivity index (χ2n) is 29.6. The van der Waals surface area contributed by atoms with Gasteiger partial charge in [0, 0.05) is 220 Å². The molecule has 0 atom stereocenters. The maximum atomic E-state index is 13.6. The minimum Gasteiger partial charge on any atom is -0.350 e. The highest BCUT2D eigenvalue weighted by Gasteiger charge is 2.35. The molecule has 6 amide bonds. The molecule has 26 heteroatoms. The van der Waals surface area contributed by atoms with Gasteiger partial charge in [0.15, 0.2) is 23.1 Å². The van der Waals surface area contributed by atoms with Gasteiger partial charge in [0.1, 0.15) is 0 Å². The highest BCUT2D eigenvalue weighted by atomic mass is 127. The van der Waals surface area contributed by atoms with Crippen LogP contribution in [0.1, 0.15) is 75.6 Å². The largest absolute Gasteiger partial charge is 0.350 e. The van der Waals surface area contributed by atoms with Crippen molar-refractivity contribution in [2.75, 3.05) is 65.4 Å². The summed E-state index contributed by atoms with van der Waals surface area (Å²) >= 11 is 12.8. The number of fused-ring (bicyclic) bond motifs is 5. The molecule has 586 valence electrons. The van der Waals surface area contributed by atoms with Gasteiger partial charge in [-0.1, -0.05) is 105 Å². The zero-order valence-electron chi connectivity index (χ0n) is 63.3. The van der Waals surface area contributed by atoms with E-state index in [2.05, 4.69) is 163 Å². The van der Waals surface area contributed by atoms with Gasteiger partial charge < -0.3 is 52.7 Å². The summed E-state index contributed by atoms with van der Waals surface area (Å²) in [6.45, 7) is 26.8. The summed E-state index contributed by atoms with van der Waals surface area (Å²) in [4.78, 5) is 135. The monoisotopic (exact) mass is 1830 g/mol. The van der Waals surface area contributed by atoms with Crippen molar-refractivity contribution in [1.82, 2.24) is 57.6 Å². The molecule has 10 aromatic rings. The summed E-state index contributed by atoms with van der Waals surface area (Å²) < 4.78 is 13.6. The van der Waals surface area contributed by atoms with Gasteiger partial charge in [-0.05, 0) is 167 Å². The van der Waals surface area contributed by atoms with Gasteiger partial charge >= 0.3 is 0 Å². The van der Waals surface area contributed by atoms with Gasteiger partial charge in [-0.2, -0.15) is 0 Å². The zero-order chi connectivity index (χ0) is 80.3. The first-order valence-corrected chi connectivity index (χ1v) is 41.2. The average molecular weight is 1830 g/mol. The number of carbonyl (C=O) groups excluding carboxylic acids is 10. The number of carbonyl (C=O) groups is 10. The second kappa shape index (κ2) is 37.4. The van der Waals surface area contributed by atoms with E-state index in [1.165, 1.54) is 51.9 Å². The molecule has 4 fully saturated rings. The molecule has 22 nitrogen and oxygen atoms in total. The van der Waals surface area contributed by atoms with E-state index in [0.717, 1.165) is 68.1 Å². The van der Waals surface area contributed by atoms with E-state index in [1.807, 2.05) is 107 Å². The van der Waals surface area contributed by atoms with Crippen LogP contribution in [0.5, 0.6) is 0 Å². The van der Waals surface area contributed by atoms with Crippen molar-refractivity contribution < 1.29 is 47.9 Å². The predicted octanol–water partition coefficient (Wildman–Crippen LogP) is 13.6. The Morgan fingerprint density at radius 3 is 1.42 bits per heavy atom. The number of aryl methyl sites for hydroxylation is 2. The van der Waals surface area contributed by atoms with Crippen molar-refractivity contribution in [2.24, 2.45) is 23.7 Å². The third-order valence-corrected chi connectivity index (χ3v) is 23.8. The molecule has 5 aromatic heterocycles. The fraction of sp³-hybridized carbons (Fsp3) is 0.322. The number of benzene rings is 5. The summed E-state index contributed by atoms with van der Waals surface area (Å²) in [6, 6.07) is 32.4. The Kier molecular flexibility index (Phi) is 27.3. The number of aromatic nitrogens is 6. The van der Waals surface area contributed by atoms with Crippen LogP contribution in [-0.2, 0) is 90.5 Å². The van der Waals surface area contributed by atoms with Crippen LogP contribution in [0.4, 0.5) is 0 Å². The molecule has 0 spiro atoms. The topological polar surface area (TPSA) is 236 Å². The predicted molar refractivity (Wildman–Crippen MR) is 457 cm³/mol. The van der Waals surface area contributed by atoms with Crippen molar-refractivity contribution in [3.63, 3.8) is 0 Å². The lowest BCUT2D eigenvalue weighted by atomic mass is 9.94. The fourth-order valence-electron chi connectivity index (χ4n) is 15.4. The van der Waals surface area contributed by atoms with Crippen LogP contribution in [0.15, 0.2) is 205 Å². The van der Waals surface area contributed by atoms with E-state index in [0.29, 0.717) is 134 Å². The highest BCUT2D eigenvalue weighted by Crippen LogP contribution is 2.33. The molecule has 15 rings (SSSR count). The van der Waals surface area contributed by atoms with Crippen molar-refractivity contribution in [3.8, 4) is 0 Å². The third-order valence-electron chi connectivity index (χ3n) is 21.4. The van der Waals surface area contributed by atoms with Gasteiger partial charge in [-0.25, -0.2) is 4.98 Å². The van der Waals surface area contributed by atoms with Crippen LogP contribution in [0.25, 0.3) is 43.6 Å². The van der Waals surface area contributed by atoms with Crippen molar-refractivity contribution in [2.45, 2.75) is 91.6 Å². The lowest BCUT2D eigenvalue weighted by Crippen LogP contribution is -2.50. The number of hydrogen-bond donors (Lipinski definition) is 1. The number of nitrogens with one attached hydrogen (secondary N) is 1. The van der Waals surface area contributed by atoms with Crippen molar-refractivity contribution >= 4 is 173 Å². The van der Waals surface area contributed by atoms with Crippen molar-refractivity contribution in [3.05, 3.63) is 242 Å². The number of rotatable bonds is 26. The molecule has 5 aliphatic heterocycles. The number of imidazole rings is 1. The molecule has 5 aromatic carbocycles. The molecule has 1 N–H and O–H groups in total. The molecule has 0 radical (unpaired) electrons. The summed E-state index contributed by atoms with van der Waals surface area (Å²) in [7, 11) is 0. The van der Waals surface area contributed by atoms with Crippen LogP contribution in [-0.4, -0.2) is 176 Å². The average Bonchev–Trinajstić information content (AvgIpc) is 1.63. The van der Waals surface area contributed by atoms with Gasteiger partial charge in [0.2, 0.25) is 23.6 Å². The van der Waals surface area contributed by atoms with Crippen LogP contribution in [0.2, 0.25) is 0 Å². The lowest BCUT2D eigenvalue weighted by molar-refractivity contribution is -0.134. The molecule has 0 saturated carbocycles. The summed E-state index contributed by atoms with van der Waals surface area (Å²) in [5.41, 5.74) is 10.2. The maximum absolute atomic E-state index is 13.6. The fourth-order valence-corrected chi connectivity index (χ4v) is 17.3. The Bertz CT molecular complexity index is 5360. The first-order valence-electron chi connectivity index (χ1n) is 37.8. The van der Waals surface area contributed by atoms with Gasteiger partial charge in [0.05, 0.1) is 43.6 Å².